The van der Waals surface area contributed by atoms with Crippen LogP contribution in [0, 0.1) is 5.41 Å². The summed E-state index contributed by atoms with van der Waals surface area (Å²) in [5.74, 6) is 0.0406. The first-order valence-electron chi connectivity index (χ1n) is 8.17. The lowest BCUT2D eigenvalue weighted by Crippen LogP contribution is -2.45. The summed E-state index contributed by atoms with van der Waals surface area (Å²) in [6.07, 6.45) is 5.20. The molecule has 0 saturated heterocycles. The summed E-state index contributed by atoms with van der Waals surface area (Å²) in [5.41, 5.74) is 7.65. The van der Waals surface area contributed by atoms with Gasteiger partial charge in [-0.1, -0.05) is 38.1 Å². The second-order valence-corrected chi connectivity index (χ2v) is 5.85. The minimum atomic E-state index is -0.461. The first-order chi connectivity index (χ1) is 11.1. The molecule has 5 nitrogen and oxygen atoms in total. The summed E-state index contributed by atoms with van der Waals surface area (Å²) in [7, 11) is 0. The van der Waals surface area contributed by atoms with Crippen LogP contribution >= 0.6 is 0 Å². The number of nitrogens with one attached hydrogen (secondary N) is 1. The van der Waals surface area contributed by atoms with E-state index in [9.17, 15) is 4.79 Å². The van der Waals surface area contributed by atoms with Gasteiger partial charge in [0.15, 0.2) is 0 Å². The first-order valence-corrected chi connectivity index (χ1v) is 8.17. The highest BCUT2D eigenvalue weighted by Gasteiger charge is 2.32. The summed E-state index contributed by atoms with van der Waals surface area (Å²) < 4.78 is 1.88. The van der Waals surface area contributed by atoms with Crippen LogP contribution in [0.3, 0.4) is 0 Å². The largest absolute Gasteiger partial charge is 0.351 e. The van der Waals surface area contributed by atoms with Crippen LogP contribution in [0.25, 0.3) is 0 Å². The highest BCUT2D eigenvalue weighted by Crippen LogP contribution is 2.25. The SMILES string of the molecule is CCC(CC)(CN)C(=O)NCc1ccccc1Cn1cccn1. The van der Waals surface area contributed by atoms with Gasteiger partial charge >= 0.3 is 0 Å². The molecule has 0 unspecified atom stereocenters. The van der Waals surface area contributed by atoms with Crippen LogP contribution in [-0.2, 0) is 17.9 Å². The van der Waals surface area contributed by atoms with Gasteiger partial charge in [0.1, 0.15) is 0 Å². The van der Waals surface area contributed by atoms with Crippen molar-refractivity contribution in [3.63, 3.8) is 0 Å². The lowest BCUT2D eigenvalue weighted by molar-refractivity contribution is -0.131. The number of amides is 1. The van der Waals surface area contributed by atoms with Crippen LogP contribution in [-0.4, -0.2) is 22.2 Å². The molecular formula is C18H26N4O. The maximum atomic E-state index is 12.6. The van der Waals surface area contributed by atoms with Gasteiger partial charge in [0, 0.05) is 25.5 Å². The Kier molecular flexibility index (Phi) is 5.93. The van der Waals surface area contributed by atoms with E-state index in [1.807, 2.05) is 49.0 Å². The minimum absolute atomic E-state index is 0.0406. The van der Waals surface area contributed by atoms with Crippen molar-refractivity contribution < 1.29 is 4.79 Å². The second-order valence-electron chi connectivity index (χ2n) is 5.85. The Bertz CT molecular complexity index is 609. The van der Waals surface area contributed by atoms with E-state index >= 15 is 0 Å². The van der Waals surface area contributed by atoms with E-state index in [-0.39, 0.29) is 5.91 Å². The van der Waals surface area contributed by atoms with Gasteiger partial charge in [-0.15, -0.1) is 0 Å². The molecule has 1 heterocycles. The van der Waals surface area contributed by atoms with Crippen molar-refractivity contribution >= 4 is 5.91 Å². The van der Waals surface area contributed by atoms with Gasteiger partial charge in [-0.25, -0.2) is 0 Å². The van der Waals surface area contributed by atoms with Gasteiger partial charge in [-0.2, -0.15) is 5.10 Å². The predicted molar refractivity (Wildman–Crippen MR) is 91.7 cm³/mol. The Labute approximate surface area is 137 Å². The summed E-state index contributed by atoms with van der Waals surface area (Å²) in [6.45, 7) is 5.62. The van der Waals surface area contributed by atoms with Crippen LogP contribution in [0.1, 0.15) is 37.8 Å². The highest BCUT2D eigenvalue weighted by atomic mass is 16.2. The topological polar surface area (TPSA) is 72.9 Å². The number of benzene rings is 1. The van der Waals surface area contributed by atoms with Crippen molar-refractivity contribution in [3.05, 3.63) is 53.9 Å². The Balaban J connectivity index is 2.07. The molecule has 5 heteroatoms. The normalized spacial score (nSPS) is 11.4. The Morgan fingerprint density at radius 2 is 1.91 bits per heavy atom. The predicted octanol–water partition coefficient (Wildman–Crippen LogP) is 2.31. The number of hydrogen-bond acceptors (Lipinski definition) is 3. The van der Waals surface area contributed by atoms with Crippen LogP contribution in [0.15, 0.2) is 42.7 Å². The van der Waals surface area contributed by atoms with Gasteiger partial charge in [0.2, 0.25) is 5.91 Å². The smallest absolute Gasteiger partial charge is 0.227 e. The van der Waals surface area contributed by atoms with Gasteiger partial charge in [-0.3, -0.25) is 9.48 Å². The number of hydrogen-bond donors (Lipinski definition) is 2. The molecule has 124 valence electrons. The third-order valence-corrected chi connectivity index (χ3v) is 4.68. The quantitative estimate of drug-likeness (QED) is 0.785. The summed E-state index contributed by atoms with van der Waals surface area (Å²) in [5, 5.41) is 7.30. The van der Waals surface area contributed by atoms with E-state index < -0.39 is 5.41 Å². The molecule has 0 fully saturated rings. The van der Waals surface area contributed by atoms with Gasteiger partial charge in [0.25, 0.3) is 0 Å². The fourth-order valence-corrected chi connectivity index (χ4v) is 2.77. The zero-order chi connectivity index (χ0) is 16.7. The molecule has 1 aromatic carbocycles. The maximum Gasteiger partial charge on any atom is 0.227 e. The van der Waals surface area contributed by atoms with Gasteiger partial charge < -0.3 is 11.1 Å². The monoisotopic (exact) mass is 314 g/mol. The van der Waals surface area contributed by atoms with E-state index in [2.05, 4.69) is 16.5 Å². The number of carbonyl (C=O) groups excluding carboxylic acids is 1. The fraction of sp³-hybridized carbons (Fsp3) is 0.444. The van der Waals surface area contributed by atoms with Crippen molar-refractivity contribution in [2.24, 2.45) is 11.1 Å². The number of carbonyl (C=O) groups is 1. The third-order valence-electron chi connectivity index (χ3n) is 4.68. The molecule has 1 amide bonds. The lowest BCUT2D eigenvalue weighted by atomic mass is 9.81. The molecule has 23 heavy (non-hydrogen) atoms. The Morgan fingerprint density at radius 3 is 2.48 bits per heavy atom. The zero-order valence-electron chi connectivity index (χ0n) is 14.0. The molecule has 1 aromatic heterocycles. The number of rotatable bonds is 8. The van der Waals surface area contributed by atoms with Crippen molar-refractivity contribution in [2.45, 2.75) is 39.8 Å². The molecular weight excluding hydrogens is 288 g/mol. The van der Waals surface area contributed by atoms with Crippen LogP contribution in [0.4, 0.5) is 0 Å². The Morgan fingerprint density at radius 1 is 1.22 bits per heavy atom. The number of nitrogens with zero attached hydrogens (tertiary/aromatic N) is 2. The Hall–Kier alpha value is -2.14. The van der Waals surface area contributed by atoms with E-state index in [1.54, 1.807) is 6.20 Å². The van der Waals surface area contributed by atoms with Crippen molar-refractivity contribution in [1.29, 1.82) is 0 Å². The highest BCUT2D eigenvalue weighted by molar-refractivity contribution is 5.82. The van der Waals surface area contributed by atoms with E-state index in [0.29, 0.717) is 19.6 Å². The van der Waals surface area contributed by atoms with Crippen LogP contribution in [0.2, 0.25) is 0 Å². The van der Waals surface area contributed by atoms with Gasteiger partial charge in [-0.05, 0) is 30.0 Å². The average molecular weight is 314 g/mol. The van der Waals surface area contributed by atoms with E-state index in [4.69, 9.17) is 5.73 Å². The average Bonchev–Trinajstić information content (AvgIpc) is 3.09. The van der Waals surface area contributed by atoms with Crippen LogP contribution < -0.4 is 11.1 Å². The fourth-order valence-electron chi connectivity index (χ4n) is 2.77. The molecule has 2 aromatic rings. The molecule has 0 saturated carbocycles. The molecule has 0 radical (unpaired) electrons. The molecule has 0 aliphatic carbocycles. The summed E-state index contributed by atoms with van der Waals surface area (Å²) in [6, 6.07) is 10.0. The summed E-state index contributed by atoms with van der Waals surface area (Å²) in [4.78, 5) is 12.6. The first kappa shape index (κ1) is 17.2. The molecule has 0 atom stereocenters. The van der Waals surface area contributed by atoms with Gasteiger partial charge in [0.05, 0.1) is 12.0 Å². The molecule has 0 spiro atoms. The standard InChI is InChI=1S/C18H26N4O/c1-3-18(4-2,14-19)17(23)20-12-15-8-5-6-9-16(15)13-22-11-7-10-21-22/h5-11H,3-4,12-14,19H2,1-2H3,(H,20,23). The number of nitrogens with two attached hydrogens (primary N) is 1. The lowest BCUT2D eigenvalue weighted by Gasteiger charge is -2.28. The minimum Gasteiger partial charge on any atom is -0.351 e. The molecule has 0 aliphatic heterocycles. The summed E-state index contributed by atoms with van der Waals surface area (Å²) >= 11 is 0. The molecule has 0 bridgehead atoms. The molecule has 2 rings (SSSR count). The van der Waals surface area contributed by atoms with Crippen molar-refractivity contribution in [2.75, 3.05) is 6.54 Å². The van der Waals surface area contributed by atoms with Crippen molar-refractivity contribution in [1.82, 2.24) is 15.1 Å². The maximum absolute atomic E-state index is 12.6. The van der Waals surface area contributed by atoms with E-state index in [1.165, 1.54) is 0 Å². The van der Waals surface area contributed by atoms with E-state index in [0.717, 1.165) is 24.0 Å². The zero-order valence-corrected chi connectivity index (χ0v) is 14.0. The second kappa shape index (κ2) is 7.92. The van der Waals surface area contributed by atoms with Crippen molar-refractivity contribution in [3.8, 4) is 0 Å². The molecule has 3 N–H and O–H groups in total. The molecule has 0 aliphatic rings. The number of aromatic nitrogens is 2. The third kappa shape index (κ3) is 3.99. The van der Waals surface area contributed by atoms with Crippen LogP contribution in [0.5, 0.6) is 0 Å².